The van der Waals surface area contributed by atoms with Crippen molar-refractivity contribution < 1.29 is 65.9 Å². The molecule has 1 unspecified atom stereocenters. The molecule has 160 valence electrons. The summed E-state index contributed by atoms with van der Waals surface area (Å²) in [5, 5.41) is 0. The summed E-state index contributed by atoms with van der Waals surface area (Å²) in [4.78, 5) is 0. The van der Waals surface area contributed by atoms with Crippen molar-refractivity contribution in [2.45, 2.75) is 55.6 Å². The van der Waals surface area contributed by atoms with Gasteiger partial charge in [-0.15, -0.1) is 0 Å². The second-order valence-corrected chi connectivity index (χ2v) is 5.59. The van der Waals surface area contributed by atoms with Crippen LogP contribution in [0.3, 0.4) is 0 Å². The minimum Gasteiger partial charge on any atom is -0.198 e. The van der Waals surface area contributed by atoms with Crippen LogP contribution < -0.4 is 0 Å². The minimum atomic E-state index is -7.94. The standard InChI is InChI=1S/C12H7F15/c13-7(14,9(17,18)12(25,26)27)6(10(19,20)21,5-3-1-2-4-5)8(15,16)11(22,23)24/h3H,1-2,4H2. The van der Waals surface area contributed by atoms with E-state index in [1.807, 2.05) is 0 Å². The van der Waals surface area contributed by atoms with Crippen molar-refractivity contribution in [2.24, 2.45) is 5.41 Å². The molecule has 27 heavy (non-hydrogen) atoms. The van der Waals surface area contributed by atoms with E-state index in [1.54, 1.807) is 0 Å². The van der Waals surface area contributed by atoms with E-state index in [9.17, 15) is 65.9 Å². The fourth-order valence-electron chi connectivity index (χ4n) is 2.78. The molecule has 0 bridgehead atoms. The molecule has 0 saturated heterocycles. The molecule has 0 aromatic rings. The van der Waals surface area contributed by atoms with Gasteiger partial charge in [-0.1, -0.05) is 6.08 Å². The molecule has 0 fully saturated rings. The van der Waals surface area contributed by atoms with Crippen molar-refractivity contribution in [1.29, 1.82) is 0 Å². The van der Waals surface area contributed by atoms with E-state index in [-0.39, 0.29) is 6.08 Å². The number of halogens is 15. The van der Waals surface area contributed by atoms with Gasteiger partial charge in [0.05, 0.1) is 0 Å². The van der Waals surface area contributed by atoms with Gasteiger partial charge in [-0.2, -0.15) is 65.9 Å². The number of hydrogen-bond donors (Lipinski definition) is 0. The third-order valence-electron chi connectivity index (χ3n) is 4.00. The van der Waals surface area contributed by atoms with Gasteiger partial charge >= 0.3 is 36.3 Å². The zero-order valence-electron chi connectivity index (χ0n) is 12.4. The summed E-state index contributed by atoms with van der Waals surface area (Å²) in [5.74, 6) is -23.5. The summed E-state index contributed by atoms with van der Waals surface area (Å²) in [5.41, 5.74) is -9.76. The number of alkyl halides is 15. The highest BCUT2D eigenvalue weighted by molar-refractivity contribution is 5.33. The van der Waals surface area contributed by atoms with Crippen LogP contribution in [0.5, 0.6) is 0 Å². The molecule has 0 aromatic heterocycles. The first kappa shape index (κ1) is 23.7. The predicted molar refractivity (Wildman–Crippen MR) is 57.4 cm³/mol. The molecular weight excluding hydrogens is 429 g/mol. The van der Waals surface area contributed by atoms with Gasteiger partial charge in [0.2, 0.25) is 5.41 Å². The first-order valence-corrected chi connectivity index (χ1v) is 6.64. The van der Waals surface area contributed by atoms with Crippen molar-refractivity contribution in [3.05, 3.63) is 11.6 Å². The summed E-state index contributed by atoms with van der Waals surface area (Å²) < 4.78 is 196. The molecule has 1 aliphatic carbocycles. The van der Waals surface area contributed by atoms with Gasteiger partial charge in [0.1, 0.15) is 0 Å². The molecule has 1 aliphatic rings. The van der Waals surface area contributed by atoms with Crippen molar-refractivity contribution in [3.8, 4) is 0 Å². The van der Waals surface area contributed by atoms with Gasteiger partial charge in [-0.25, -0.2) is 0 Å². The number of rotatable bonds is 4. The summed E-state index contributed by atoms with van der Waals surface area (Å²) in [6.07, 6.45) is -26.1. The van der Waals surface area contributed by atoms with Crippen molar-refractivity contribution in [2.75, 3.05) is 0 Å². The van der Waals surface area contributed by atoms with Gasteiger partial charge in [-0.3, -0.25) is 0 Å². The van der Waals surface area contributed by atoms with E-state index in [0.717, 1.165) is 0 Å². The van der Waals surface area contributed by atoms with Crippen LogP contribution in [-0.4, -0.2) is 36.3 Å². The SMILES string of the molecule is FC(F)(F)C(F)(F)C(F)(F)C(C1=CCCC1)(C(F)(F)F)C(F)(F)C(F)(F)F. The van der Waals surface area contributed by atoms with Crippen LogP contribution in [0.15, 0.2) is 11.6 Å². The van der Waals surface area contributed by atoms with E-state index in [1.165, 1.54) is 0 Å². The Morgan fingerprint density at radius 2 is 0.926 bits per heavy atom. The van der Waals surface area contributed by atoms with Crippen LogP contribution >= 0.6 is 0 Å². The van der Waals surface area contributed by atoms with Crippen LogP contribution in [-0.2, 0) is 0 Å². The molecule has 0 heterocycles. The fraction of sp³-hybridized carbons (Fsp3) is 0.833. The lowest BCUT2D eigenvalue weighted by Gasteiger charge is -2.49. The highest BCUT2D eigenvalue weighted by Crippen LogP contribution is 2.71. The van der Waals surface area contributed by atoms with Gasteiger partial charge in [-0.05, 0) is 24.8 Å². The Morgan fingerprint density at radius 3 is 1.19 bits per heavy atom. The van der Waals surface area contributed by atoms with Gasteiger partial charge in [0.15, 0.2) is 0 Å². The van der Waals surface area contributed by atoms with Crippen LogP contribution in [0.1, 0.15) is 19.3 Å². The molecular formula is C12H7F15. The quantitative estimate of drug-likeness (QED) is 0.341. The molecule has 0 nitrogen and oxygen atoms in total. The summed E-state index contributed by atoms with van der Waals surface area (Å²) in [6.45, 7) is 0. The van der Waals surface area contributed by atoms with E-state index in [0.29, 0.717) is 0 Å². The molecule has 15 heteroatoms. The summed E-state index contributed by atoms with van der Waals surface area (Å²) in [7, 11) is 0. The van der Waals surface area contributed by atoms with Crippen LogP contribution in [0, 0.1) is 5.41 Å². The van der Waals surface area contributed by atoms with E-state index in [4.69, 9.17) is 0 Å². The molecule has 0 saturated carbocycles. The maximum atomic E-state index is 14.0. The highest BCUT2D eigenvalue weighted by atomic mass is 19.4. The van der Waals surface area contributed by atoms with E-state index < -0.39 is 66.5 Å². The van der Waals surface area contributed by atoms with Gasteiger partial charge < -0.3 is 0 Å². The van der Waals surface area contributed by atoms with Crippen LogP contribution in [0.25, 0.3) is 0 Å². The summed E-state index contributed by atoms with van der Waals surface area (Å²) in [6, 6.07) is 0. The molecule has 1 rings (SSSR count). The maximum Gasteiger partial charge on any atom is 0.459 e. The first-order chi connectivity index (χ1) is 11.6. The zero-order chi connectivity index (χ0) is 21.9. The maximum absolute atomic E-state index is 14.0. The monoisotopic (exact) mass is 436 g/mol. The predicted octanol–water partition coefficient (Wildman–Crippen LogP) is 6.68. The van der Waals surface area contributed by atoms with E-state index in [2.05, 4.69) is 0 Å². The first-order valence-electron chi connectivity index (χ1n) is 6.64. The highest BCUT2D eigenvalue weighted by Gasteiger charge is 2.95. The second-order valence-electron chi connectivity index (χ2n) is 5.59. The Labute approximate surface area is 140 Å². The van der Waals surface area contributed by atoms with Gasteiger partial charge in [0, 0.05) is 0 Å². The Kier molecular flexibility index (Phi) is 5.35. The number of allylic oxidation sites excluding steroid dienone is 2. The van der Waals surface area contributed by atoms with E-state index >= 15 is 0 Å². The van der Waals surface area contributed by atoms with Gasteiger partial charge in [0.25, 0.3) is 0 Å². The Balaban J connectivity index is 4.12. The number of hydrogen-bond acceptors (Lipinski definition) is 0. The minimum absolute atomic E-state index is 0.256. The zero-order valence-corrected chi connectivity index (χ0v) is 12.4. The lowest BCUT2D eigenvalue weighted by atomic mass is 9.65. The lowest BCUT2D eigenvalue weighted by molar-refractivity contribution is -0.461. The molecule has 0 spiro atoms. The Morgan fingerprint density at radius 1 is 0.519 bits per heavy atom. The molecule has 0 amide bonds. The Hall–Kier alpha value is -1.31. The lowest BCUT2D eigenvalue weighted by Crippen LogP contribution is -2.74. The third-order valence-corrected chi connectivity index (χ3v) is 4.00. The Bertz CT molecular complexity index is 587. The second kappa shape index (κ2) is 6.09. The molecule has 1 atom stereocenters. The molecule has 0 aliphatic heterocycles. The fourth-order valence-corrected chi connectivity index (χ4v) is 2.78. The average molecular weight is 436 g/mol. The summed E-state index contributed by atoms with van der Waals surface area (Å²) >= 11 is 0. The average Bonchev–Trinajstić information content (AvgIpc) is 2.87. The molecule has 0 radical (unpaired) electrons. The molecule has 0 aromatic carbocycles. The smallest absolute Gasteiger partial charge is 0.198 e. The normalized spacial score (nSPS) is 20.5. The van der Waals surface area contributed by atoms with Crippen LogP contribution in [0.2, 0.25) is 0 Å². The van der Waals surface area contributed by atoms with Crippen molar-refractivity contribution >= 4 is 0 Å². The topological polar surface area (TPSA) is 0 Å². The van der Waals surface area contributed by atoms with Crippen molar-refractivity contribution in [1.82, 2.24) is 0 Å². The largest absolute Gasteiger partial charge is 0.459 e. The molecule has 0 N–H and O–H groups in total. The van der Waals surface area contributed by atoms with Crippen molar-refractivity contribution in [3.63, 3.8) is 0 Å². The third kappa shape index (κ3) is 2.95. The van der Waals surface area contributed by atoms with Crippen LogP contribution in [0.4, 0.5) is 65.9 Å².